The average Bonchev–Trinajstić information content (AvgIpc) is 2.70. The maximum Gasteiger partial charge on any atom is 0.125 e. The molecule has 162 valence electrons. The van der Waals surface area contributed by atoms with E-state index in [1.54, 1.807) is 7.11 Å². The van der Waals surface area contributed by atoms with E-state index < -0.39 is 0 Å². The highest BCUT2D eigenvalue weighted by molar-refractivity contribution is 5.83. The van der Waals surface area contributed by atoms with Gasteiger partial charge in [-0.25, -0.2) is 0 Å². The Balaban J connectivity index is 1.79. The minimum atomic E-state index is 0.576. The molecule has 0 radical (unpaired) electrons. The van der Waals surface area contributed by atoms with E-state index in [-0.39, 0.29) is 0 Å². The molecule has 0 amide bonds. The van der Waals surface area contributed by atoms with E-state index >= 15 is 0 Å². The highest BCUT2D eigenvalue weighted by Gasteiger charge is 2.07. The van der Waals surface area contributed by atoms with Crippen molar-refractivity contribution in [3.8, 4) is 17.2 Å². The van der Waals surface area contributed by atoms with Crippen LogP contribution in [0.5, 0.6) is 17.2 Å². The second-order valence-electron chi connectivity index (χ2n) is 7.15. The van der Waals surface area contributed by atoms with Crippen LogP contribution in [0.1, 0.15) is 37.0 Å². The number of hydrogen-bond acceptors (Lipinski definition) is 5. The molecule has 0 aromatic heterocycles. The van der Waals surface area contributed by atoms with Gasteiger partial charge in [0, 0.05) is 12.8 Å². The van der Waals surface area contributed by atoms with Crippen LogP contribution in [0, 0.1) is 13.8 Å². The van der Waals surface area contributed by atoms with Crippen LogP contribution in [0.3, 0.4) is 0 Å². The fourth-order valence-corrected chi connectivity index (χ4v) is 3.11. The number of allylic oxidation sites excluding steroid dienone is 1. The molecular weight excluding hydrogens is 378 g/mol. The molecule has 5 nitrogen and oxygen atoms in total. The SMILES string of the molecule is C/C=C/COc1cc(C)c(OCCCOc2cccc(CC(C)=NOC)c2)c(C)c1. The van der Waals surface area contributed by atoms with Crippen LogP contribution in [0.4, 0.5) is 0 Å². The van der Waals surface area contributed by atoms with Gasteiger partial charge in [-0.1, -0.05) is 29.4 Å². The Morgan fingerprint density at radius 3 is 2.40 bits per heavy atom. The summed E-state index contributed by atoms with van der Waals surface area (Å²) in [6.07, 6.45) is 5.50. The minimum Gasteiger partial charge on any atom is -0.493 e. The van der Waals surface area contributed by atoms with Gasteiger partial charge >= 0.3 is 0 Å². The van der Waals surface area contributed by atoms with Crippen molar-refractivity contribution in [2.24, 2.45) is 5.16 Å². The lowest BCUT2D eigenvalue weighted by Gasteiger charge is -2.14. The van der Waals surface area contributed by atoms with Crippen LogP contribution in [0.25, 0.3) is 0 Å². The molecule has 0 unspecified atom stereocenters. The number of benzene rings is 2. The Morgan fingerprint density at radius 2 is 1.70 bits per heavy atom. The lowest BCUT2D eigenvalue weighted by Crippen LogP contribution is -2.07. The van der Waals surface area contributed by atoms with E-state index in [0.717, 1.165) is 52.5 Å². The van der Waals surface area contributed by atoms with Crippen LogP contribution in [0.15, 0.2) is 53.7 Å². The van der Waals surface area contributed by atoms with Crippen molar-refractivity contribution in [3.63, 3.8) is 0 Å². The first-order chi connectivity index (χ1) is 14.5. The minimum absolute atomic E-state index is 0.576. The second-order valence-corrected chi connectivity index (χ2v) is 7.15. The maximum atomic E-state index is 6.01. The van der Waals surface area contributed by atoms with Crippen molar-refractivity contribution in [2.45, 2.75) is 40.5 Å². The zero-order chi connectivity index (χ0) is 21.8. The van der Waals surface area contributed by atoms with E-state index in [9.17, 15) is 0 Å². The van der Waals surface area contributed by atoms with Crippen LogP contribution >= 0.6 is 0 Å². The Kier molecular flexibility index (Phi) is 9.78. The van der Waals surface area contributed by atoms with Gasteiger partial charge < -0.3 is 19.0 Å². The third kappa shape index (κ3) is 7.82. The Hall–Kier alpha value is -2.95. The molecule has 5 heteroatoms. The van der Waals surface area contributed by atoms with Gasteiger partial charge in [-0.3, -0.25) is 0 Å². The van der Waals surface area contributed by atoms with Gasteiger partial charge in [0.2, 0.25) is 0 Å². The molecule has 0 bridgehead atoms. The van der Waals surface area contributed by atoms with E-state index in [2.05, 4.69) is 11.2 Å². The predicted molar refractivity (Wildman–Crippen MR) is 122 cm³/mol. The summed E-state index contributed by atoms with van der Waals surface area (Å²) in [4.78, 5) is 4.81. The quantitative estimate of drug-likeness (QED) is 0.195. The smallest absolute Gasteiger partial charge is 0.125 e. The summed E-state index contributed by atoms with van der Waals surface area (Å²) in [5.74, 6) is 2.64. The number of nitrogens with zero attached hydrogens (tertiary/aromatic N) is 1. The molecule has 2 aromatic carbocycles. The standard InChI is InChI=1S/C25H33NO4/c1-6-7-12-29-24-15-19(2)25(20(3)16-24)30-14-9-13-28-23-11-8-10-22(18-23)17-21(4)26-27-5/h6-8,10-11,15-16,18H,9,12-14,17H2,1-5H3/b7-6+,26-21?. The van der Waals surface area contributed by atoms with Gasteiger partial charge in [-0.15, -0.1) is 0 Å². The summed E-state index contributed by atoms with van der Waals surface area (Å²) in [6, 6.07) is 12.1. The molecule has 0 aliphatic heterocycles. The molecule has 0 spiro atoms. The van der Waals surface area contributed by atoms with Crippen molar-refractivity contribution in [2.75, 3.05) is 26.9 Å². The summed E-state index contributed by atoms with van der Waals surface area (Å²) < 4.78 is 17.6. The van der Waals surface area contributed by atoms with Crippen molar-refractivity contribution in [1.82, 2.24) is 0 Å². The zero-order valence-corrected chi connectivity index (χ0v) is 18.7. The number of rotatable bonds is 12. The van der Waals surface area contributed by atoms with Crippen LogP contribution in [-0.4, -0.2) is 32.6 Å². The van der Waals surface area contributed by atoms with E-state index in [0.29, 0.717) is 19.8 Å². The predicted octanol–water partition coefficient (Wildman–Crippen LogP) is 5.67. The topological polar surface area (TPSA) is 49.3 Å². The first-order valence-electron chi connectivity index (χ1n) is 10.3. The molecule has 0 fully saturated rings. The number of ether oxygens (including phenoxy) is 3. The summed E-state index contributed by atoms with van der Waals surface area (Å²) in [6.45, 7) is 9.78. The zero-order valence-electron chi connectivity index (χ0n) is 18.7. The molecule has 0 saturated carbocycles. The van der Waals surface area contributed by atoms with E-state index in [1.165, 1.54) is 0 Å². The van der Waals surface area contributed by atoms with E-state index in [4.69, 9.17) is 19.0 Å². The first-order valence-corrected chi connectivity index (χ1v) is 10.3. The Labute approximate surface area is 180 Å². The molecule has 0 N–H and O–H groups in total. The summed E-state index contributed by atoms with van der Waals surface area (Å²) in [7, 11) is 1.56. The van der Waals surface area contributed by atoms with Gasteiger partial charge in [-0.2, -0.15) is 0 Å². The van der Waals surface area contributed by atoms with Crippen molar-refractivity contribution in [3.05, 3.63) is 65.2 Å². The largest absolute Gasteiger partial charge is 0.493 e. The van der Waals surface area contributed by atoms with Gasteiger partial charge in [-0.05, 0) is 68.7 Å². The monoisotopic (exact) mass is 411 g/mol. The molecule has 2 rings (SSSR count). The molecule has 0 atom stereocenters. The van der Waals surface area contributed by atoms with Gasteiger partial charge in [0.15, 0.2) is 0 Å². The number of hydrogen-bond donors (Lipinski definition) is 0. The summed E-state index contributed by atoms with van der Waals surface area (Å²) in [5.41, 5.74) is 4.22. The third-order valence-electron chi connectivity index (χ3n) is 4.43. The summed E-state index contributed by atoms with van der Waals surface area (Å²) >= 11 is 0. The average molecular weight is 412 g/mol. The van der Waals surface area contributed by atoms with Crippen LogP contribution in [0.2, 0.25) is 0 Å². The molecular formula is C25H33NO4. The van der Waals surface area contributed by atoms with E-state index in [1.807, 2.05) is 70.2 Å². The second kappa shape index (κ2) is 12.6. The van der Waals surface area contributed by atoms with Crippen molar-refractivity contribution >= 4 is 5.71 Å². The van der Waals surface area contributed by atoms with Gasteiger partial charge in [0.05, 0.1) is 18.9 Å². The summed E-state index contributed by atoms with van der Waals surface area (Å²) in [5, 5.41) is 3.95. The third-order valence-corrected chi connectivity index (χ3v) is 4.43. The fourth-order valence-electron chi connectivity index (χ4n) is 3.11. The highest BCUT2D eigenvalue weighted by Crippen LogP contribution is 2.28. The Morgan fingerprint density at radius 1 is 0.967 bits per heavy atom. The normalized spacial score (nSPS) is 11.6. The lowest BCUT2D eigenvalue weighted by molar-refractivity contribution is 0.212. The lowest BCUT2D eigenvalue weighted by atomic mass is 10.1. The van der Waals surface area contributed by atoms with Gasteiger partial charge in [0.25, 0.3) is 0 Å². The van der Waals surface area contributed by atoms with Crippen molar-refractivity contribution in [1.29, 1.82) is 0 Å². The highest BCUT2D eigenvalue weighted by atomic mass is 16.6. The number of aryl methyl sites for hydroxylation is 2. The fraction of sp³-hybridized carbons (Fsp3) is 0.400. The molecule has 0 aliphatic rings. The Bertz CT molecular complexity index is 835. The first kappa shape index (κ1) is 23.3. The number of oxime groups is 1. The molecule has 0 saturated heterocycles. The molecule has 2 aromatic rings. The molecule has 0 heterocycles. The molecule has 30 heavy (non-hydrogen) atoms. The van der Waals surface area contributed by atoms with Crippen LogP contribution < -0.4 is 14.2 Å². The molecule has 0 aliphatic carbocycles. The van der Waals surface area contributed by atoms with Gasteiger partial charge in [0.1, 0.15) is 31.0 Å². The van der Waals surface area contributed by atoms with Crippen molar-refractivity contribution < 1.29 is 19.0 Å². The maximum absolute atomic E-state index is 6.01. The van der Waals surface area contributed by atoms with Crippen LogP contribution in [-0.2, 0) is 11.3 Å².